The van der Waals surface area contributed by atoms with Gasteiger partial charge in [-0.25, -0.2) is 0 Å². The van der Waals surface area contributed by atoms with Crippen LogP contribution >= 0.6 is 0 Å². The molecule has 2 aromatic rings. The first-order valence-corrected chi connectivity index (χ1v) is 9.05. The number of amides is 2. The van der Waals surface area contributed by atoms with Crippen LogP contribution in [-0.2, 0) is 9.59 Å². The Balaban J connectivity index is 1.59. The number of benzene rings is 2. The molecule has 6 nitrogen and oxygen atoms in total. The minimum atomic E-state index is -0.622. The molecule has 2 aromatic carbocycles. The number of nitrogens with zero attached hydrogens (tertiary/aromatic N) is 2. The van der Waals surface area contributed by atoms with E-state index in [0.29, 0.717) is 37.6 Å². The van der Waals surface area contributed by atoms with E-state index in [-0.39, 0.29) is 0 Å². The van der Waals surface area contributed by atoms with E-state index in [1.165, 1.54) is 16.8 Å². The zero-order valence-electron chi connectivity index (χ0n) is 16.0. The third kappa shape index (κ3) is 4.22. The average molecular weight is 367 g/mol. The van der Waals surface area contributed by atoms with Crippen LogP contribution in [0.2, 0.25) is 0 Å². The standard InChI is InChI=1S/C21H25N3O3/c1-15-6-4-9-19(16(15)2)23-10-12-24(13-11-23)21(26)20(25)22-17-7-5-8-18(14-17)27-3/h4-9,14H,10-13H2,1-3H3,(H,22,25). The number of carbonyl (C=O) groups excluding carboxylic acids is 2. The van der Waals surface area contributed by atoms with Crippen LogP contribution in [0.4, 0.5) is 11.4 Å². The number of hydrogen-bond donors (Lipinski definition) is 1. The topological polar surface area (TPSA) is 61.9 Å². The van der Waals surface area contributed by atoms with Crippen LogP contribution in [0.15, 0.2) is 42.5 Å². The van der Waals surface area contributed by atoms with Gasteiger partial charge in [-0.2, -0.15) is 0 Å². The van der Waals surface area contributed by atoms with E-state index in [4.69, 9.17) is 4.74 Å². The number of aryl methyl sites for hydroxylation is 1. The summed E-state index contributed by atoms with van der Waals surface area (Å²) in [6.07, 6.45) is 0. The molecule has 0 spiro atoms. The van der Waals surface area contributed by atoms with Gasteiger partial charge in [0.15, 0.2) is 0 Å². The summed E-state index contributed by atoms with van der Waals surface area (Å²) in [6, 6.07) is 13.2. The van der Waals surface area contributed by atoms with Gasteiger partial charge in [0.1, 0.15) is 5.75 Å². The van der Waals surface area contributed by atoms with Crippen molar-refractivity contribution < 1.29 is 14.3 Å². The summed E-state index contributed by atoms with van der Waals surface area (Å²) < 4.78 is 5.13. The van der Waals surface area contributed by atoms with Crippen molar-refractivity contribution in [2.24, 2.45) is 0 Å². The van der Waals surface area contributed by atoms with E-state index < -0.39 is 11.8 Å². The van der Waals surface area contributed by atoms with Gasteiger partial charge in [-0.1, -0.05) is 18.2 Å². The molecule has 1 saturated heterocycles. The molecule has 0 saturated carbocycles. The predicted octanol–water partition coefficient (Wildman–Crippen LogP) is 2.60. The second-order valence-corrected chi connectivity index (χ2v) is 6.68. The zero-order valence-corrected chi connectivity index (χ0v) is 16.0. The summed E-state index contributed by atoms with van der Waals surface area (Å²) >= 11 is 0. The SMILES string of the molecule is COc1cccc(NC(=O)C(=O)N2CCN(c3cccc(C)c3C)CC2)c1. The van der Waals surface area contributed by atoms with E-state index in [1.54, 1.807) is 36.3 Å². The first-order valence-electron chi connectivity index (χ1n) is 9.05. The first-order chi connectivity index (χ1) is 13.0. The van der Waals surface area contributed by atoms with Crippen molar-refractivity contribution in [3.05, 3.63) is 53.6 Å². The van der Waals surface area contributed by atoms with Crippen LogP contribution in [0.5, 0.6) is 5.75 Å². The van der Waals surface area contributed by atoms with Crippen LogP contribution in [0.1, 0.15) is 11.1 Å². The highest BCUT2D eigenvalue weighted by Crippen LogP contribution is 2.24. The van der Waals surface area contributed by atoms with Crippen LogP contribution in [-0.4, -0.2) is 50.0 Å². The summed E-state index contributed by atoms with van der Waals surface area (Å²) in [5.74, 6) is -0.496. The van der Waals surface area contributed by atoms with Crippen molar-refractivity contribution in [2.75, 3.05) is 43.5 Å². The Morgan fingerprint density at radius 3 is 2.41 bits per heavy atom. The molecule has 3 rings (SSSR count). The lowest BCUT2D eigenvalue weighted by Gasteiger charge is -2.36. The van der Waals surface area contributed by atoms with Gasteiger partial charge in [0.05, 0.1) is 7.11 Å². The van der Waals surface area contributed by atoms with Gasteiger partial charge in [-0.15, -0.1) is 0 Å². The minimum absolute atomic E-state index is 0.501. The number of piperazine rings is 1. The van der Waals surface area contributed by atoms with Crippen molar-refractivity contribution in [2.45, 2.75) is 13.8 Å². The molecule has 142 valence electrons. The summed E-state index contributed by atoms with van der Waals surface area (Å²) in [6.45, 7) is 6.69. The summed E-state index contributed by atoms with van der Waals surface area (Å²) in [5, 5.41) is 2.65. The molecule has 1 heterocycles. The quantitative estimate of drug-likeness (QED) is 0.847. The highest BCUT2D eigenvalue weighted by atomic mass is 16.5. The molecule has 1 aliphatic rings. The molecule has 1 aliphatic heterocycles. The maximum Gasteiger partial charge on any atom is 0.313 e. The summed E-state index contributed by atoms with van der Waals surface area (Å²) in [5.41, 5.74) is 4.25. The van der Waals surface area contributed by atoms with Crippen molar-refractivity contribution in [3.63, 3.8) is 0 Å². The van der Waals surface area contributed by atoms with Gasteiger partial charge in [0.25, 0.3) is 0 Å². The normalized spacial score (nSPS) is 14.0. The summed E-state index contributed by atoms with van der Waals surface area (Å²) in [4.78, 5) is 28.7. The molecule has 1 N–H and O–H groups in total. The molecule has 2 amide bonds. The smallest absolute Gasteiger partial charge is 0.313 e. The second-order valence-electron chi connectivity index (χ2n) is 6.68. The van der Waals surface area contributed by atoms with Gasteiger partial charge >= 0.3 is 11.8 Å². The molecule has 0 bridgehead atoms. The molecule has 1 fully saturated rings. The maximum absolute atomic E-state index is 12.5. The van der Waals surface area contributed by atoms with E-state index in [0.717, 1.165) is 0 Å². The number of carbonyl (C=O) groups is 2. The maximum atomic E-state index is 12.5. The molecule has 27 heavy (non-hydrogen) atoms. The third-order valence-electron chi connectivity index (χ3n) is 5.01. The monoisotopic (exact) mass is 367 g/mol. The lowest BCUT2D eigenvalue weighted by Crippen LogP contribution is -2.51. The molecule has 0 radical (unpaired) electrons. The molecule has 0 unspecified atom stereocenters. The Morgan fingerprint density at radius 1 is 1.00 bits per heavy atom. The zero-order chi connectivity index (χ0) is 19.4. The second kappa shape index (κ2) is 8.12. The number of anilines is 2. The Kier molecular flexibility index (Phi) is 5.64. The van der Waals surface area contributed by atoms with Crippen LogP contribution in [0.3, 0.4) is 0 Å². The van der Waals surface area contributed by atoms with Gasteiger partial charge in [-0.05, 0) is 43.2 Å². The fraction of sp³-hybridized carbons (Fsp3) is 0.333. The highest BCUT2D eigenvalue weighted by Gasteiger charge is 2.26. The average Bonchev–Trinajstić information content (AvgIpc) is 2.70. The molecule has 0 atom stereocenters. The lowest BCUT2D eigenvalue weighted by molar-refractivity contribution is -0.143. The number of hydrogen-bond acceptors (Lipinski definition) is 4. The van der Waals surface area contributed by atoms with Crippen LogP contribution in [0, 0.1) is 13.8 Å². The number of rotatable bonds is 3. The van der Waals surface area contributed by atoms with Crippen molar-refractivity contribution in [3.8, 4) is 5.75 Å². The Labute approximate surface area is 159 Å². The highest BCUT2D eigenvalue weighted by molar-refractivity contribution is 6.39. The number of nitrogens with one attached hydrogen (secondary N) is 1. The van der Waals surface area contributed by atoms with Crippen molar-refractivity contribution in [1.29, 1.82) is 0 Å². The van der Waals surface area contributed by atoms with E-state index in [9.17, 15) is 9.59 Å². The molecular formula is C21H25N3O3. The fourth-order valence-electron chi connectivity index (χ4n) is 3.26. The Bertz CT molecular complexity index is 842. The van der Waals surface area contributed by atoms with Crippen LogP contribution in [0.25, 0.3) is 0 Å². The van der Waals surface area contributed by atoms with E-state index >= 15 is 0 Å². The Morgan fingerprint density at radius 2 is 1.70 bits per heavy atom. The third-order valence-corrected chi connectivity index (χ3v) is 5.01. The molecule has 0 aromatic heterocycles. The predicted molar refractivity (Wildman–Crippen MR) is 106 cm³/mol. The lowest BCUT2D eigenvalue weighted by atomic mass is 10.1. The van der Waals surface area contributed by atoms with Crippen LogP contribution < -0.4 is 15.0 Å². The van der Waals surface area contributed by atoms with Gasteiger partial charge in [-0.3, -0.25) is 9.59 Å². The fourth-order valence-corrected chi connectivity index (χ4v) is 3.26. The molecule has 0 aliphatic carbocycles. The largest absolute Gasteiger partial charge is 0.497 e. The summed E-state index contributed by atoms with van der Waals surface area (Å²) in [7, 11) is 1.56. The number of ether oxygens (including phenoxy) is 1. The molecule has 6 heteroatoms. The molecular weight excluding hydrogens is 342 g/mol. The van der Waals surface area contributed by atoms with E-state index in [2.05, 4.69) is 42.3 Å². The number of methoxy groups -OCH3 is 1. The Hall–Kier alpha value is -3.02. The van der Waals surface area contributed by atoms with Gasteiger partial charge < -0.3 is 19.9 Å². The van der Waals surface area contributed by atoms with E-state index in [1.807, 2.05) is 0 Å². The van der Waals surface area contributed by atoms with Crippen molar-refractivity contribution >= 4 is 23.2 Å². The first kappa shape index (κ1) is 18.8. The van der Waals surface area contributed by atoms with Crippen molar-refractivity contribution in [1.82, 2.24) is 4.90 Å². The van der Waals surface area contributed by atoms with Gasteiger partial charge in [0.2, 0.25) is 0 Å². The van der Waals surface area contributed by atoms with Gasteiger partial charge in [0, 0.05) is 43.6 Å². The minimum Gasteiger partial charge on any atom is -0.497 e.